The molecule has 0 aliphatic heterocycles. The lowest BCUT2D eigenvalue weighted by molar-refractivity contribution is -0.00875. The van der Waals surface area contributed by atoms with E-state index in [9.17, 15) is 9.67 Å². The topological polar surface area (TPSA) is 87.0 Å². The molecule has 3 N–H and O–H groups in total. The van der Waals surface area contributed by atoms with Gasteiger partial charge < -0.3 is 14.9 Å². The summed E-state index contributed by atoms with van der Waals surface area (Å²) in [5.74, 6) is 0. The van der Waals surface area contributed by atoms with Gasteiger partial charge in [0.1, 0.15) is 0 Å². The van der Waals surface area contributed by atoms with Crippen LogP contribution in [0.2, 0.25) is 0 Å². The van der Waals surface area contributed by atoms with Crippen LogP contribution in [0.3, 0.4) is 0 Å². The fourth-order valence-corrected chi connectivity index (χ4v) is 1.98. The third-order valence-corrected chi connectivity index (χ3v) is 2.49. The molecule has 5 nitrogen and oxygen atoms in total. The van der Waals surface area contributed by atoms with Gasteiger partial charge in [-0.3, -0.25) is 4.52 Å². The molecule has 1 saturated carbocycles. The molecule has 0 aromatic carbocycles. The van der Waals surface area contributed by atoms with Gasteiger partial charge in [0, 0.05) is 0 Å². The predicted molar refractivity (Wildman–Crippen MR) is 41.4 cm³/mol. The third kappa shape index (κ3) is 3.21. The van der Waals surface area contributed by atoms with Gasteiger partial charge in [0.05, 0.1) is 12.2 Å². The van der Waals surface area contributed by atoms with Crippen LogP contribution < -0.4 is 0 Å². The van der Waals surface area contributed by atoms with Crippen LogP contribution in [0.15, 0.2) is 0 Å². The minimum absolute atomic E-state index is 0.520. The number of hydrogen-bond acceptors (Lipinski definition) is 3. The van der Waals surface area contributed by atoms with E-state index in [2.05, 4.69) is 4.52 Å². The van der Waals surface area contributed by atoms with E-state index in [0.29, 0.717) is 12.8 Å². The summed E-state index contributed by atoms with van der Waals surface area (Å²) in [6.07, 6.45) is 1.40. The quantitative estimate of drug-likeness (QED) is 0.556. The Morgan fingerprint density at radius 3 is 2.33 bits per heavy atom. The number of aliphatic hydroxyl groups is 1. The average Bonchev–Trinajstić information content (AvgIpc) is 1.91. The minimum Gasteiger partial charge on any atom is -0.390 e. The number of aliphatic hydroxyl groups excluding tert-OH is 1. The fourth-order valence-electron chi connectivity index (χ4n) is 1.38. The minimum atomic E-state index is -4.43. The zero-order valence-corrected chi connectivity index (χ0v) is 7.48. The first-order valence-electron chi connectivity index (χ1n) is 3.91. The van der Waals surface area contributed by atoms with Crippen LogP contribution in [0.25, 0.3) is 0 Å². The summed E-state index contributed by atoms with van der Waals surface area (Å²) in [7, 11) is -4.43. The molecule has 12 heavy (non-hydrogen) atoms. The van der Waals surface area contributed by atoms with Gasteiger partial charge in [0.15, 0.2) is 0 Å². The second kappa shape index (κ2) is 3.85. The van der Waals surface area contributed by atoms with E-state index in [4.69, 9.17) is 9.79 Å². The molecule has 0 aromatic rings. The van der Waals surface area contributed by atoms with Crippen molar-refractivity contribution in [3.8, 4) is 0 Å². The van der Waals surface area contributed by atoms with Crippen molar-refractivity contribution in [3.05, 3.63) is 0 Å². The standard InChI is InChI=1S/C6H13O5P/c7-5-3-1-2-4-6(5)11-12(8,9)10/h5-7H,1-4H2,(H2,8,9,10). The van der Waals surface area contributed by atoms with Crippen molar-refractivity contribution in [2.24, 2.45) is 0 Å². The molecule has 0 bridgehead atoms. The fraction of sp³-hybridized carbons (Fsp3) is 1.00. The maximum absolute atomic E-state index is 10.4. The van der Waals surface area contributed by atoms with Gasteiger partial charge in [-0.2, -0.15) is 0 Å². The highest BCUT2D eigenvalue weighted by molar-refractivity contribution is 7.46. The van der Waals surface area contributed by atoms with Crippen molar-refractivity contribution in [1.29, 1.82) is 0 Å². The molecule has 0 heterocycles. The Morgan fingerprint density at radius 2 is 1.83 bits per heavy atom. The summed E-state index contributed by atoms with van der Waals surface area (Å²) < 4.78 is 14.8. The summed E-state index contributed by atoms with van der Waals surface area (Å²) >= 11 is 0. The van der Waals surface area contributed by atoms with Crippen molar-refractivity contribution in [3.63, 3.8) is 0 Å². The average molecular weight is 196 g/mol. The molecular weight excluding hydrogens is 183 g/mol. The van der Waals surface area contributed by atoms with Gasteiger partial charge in [-0.1, -0.05) is 12.8 Å². The third-order valence-electron chi connectivity index (χ3n) is 1.94. The number of rotatable bonds is 2. The van der Waals surface area contributed by atoms with Crippen molar-refractivity contribution >= 4 is 7.82 Å². The van der Waals surface area contributed by atoms with Crippen LogP contribution in [-0.4, -0.2) is 27.1 Å². The molecule has 0 amide bonds. The molecule has 0 aromatic heterocycles. The molecule has 1 aliphatic carbocycles. The lowest BCUT2D eigenvalue weighted by Crippen LogP contribution is -2.31. The Kier molecular flexibility index (Phi) is 3.26. The van der Waals surface area contributed by atoms with E-state index in [0.717, 1.165) is 12.8 Å². The van der Waals surface area contributed by atoms with Crippen LogP contribution >= 0.6 is 7.82 Å². The van der Waals surface area contributed by atoms with Crippen molar-refractivity contribution in [1.82, 2.24) is 0 Å². The first kappa shape index (κ1) is 10.2. The molecule has 1 fully saturated rings. The summed E-state index contributed by atoms with van der Waals surface area (Å²) in [5, 5.41) is 9.26. The van der Waals surface area contributed by atoms with Crippen LogP contribution in [0.5, 0.6) is 0 Å². The largest absolute Gasteiger partial charge is 0.469 e. The van der Waals surface area contributed by atoms with Gasteiger partial charge in [0.25, 0.3) is 0 Å². The van der Waals surface area contributed by atoms with E-state index in [1.165, 1.54) is 0 Å². The summed E-state index contributed by atoms with van der Waals surface area (Å²) in [4.78, 5) is 16.9. The molecule has 6 heteroatoms. The Morgan fingerprint density at radius 1 is 1.25 bits per heavy atom. The van der Waals surface area contributed by atoms with Crippen molar-refractivity contribution in [2.75, 3.05) is 0 Å². The highest BCUT2D eigenvalue weighted by Gasteiger charge is 2.30. The van der Waals surface area contributed by atoms with Crippen LogP contribution in [0, 0.1) is 0 Å². The molecule has 0 spiro atoms. The Hall–Kier alpha value is 0.0700. The zero-order chi connectivity index (χ0) is 9.19. The van der Waals surface area contributed by atoms with E-state index >= 15 is 0 Å². The Bertz CT molecular complexity index is 188. The zero-order valence-electron chi connectivity index (χ0n) is 6.59. The number of phosphoric acid groups is 1. The van der Waals surface area contributed by atoms with Gasteiger partial charge in [0.2, 0.25) is 0 Å². The second-order valence-electron chi connectivity index (χ2n) is 2.99. The molecule has 2 atom stereocenters. The predicted octanol–water partition coefficient (Wildman–Crippen LogP) is 0.399. The molecule has 0 radical (unpaired) electrons. The monoisotopic (exact) mass is 196 g/mol. The SMILES string of the molecule is O=P(O)(O)OC1CCCCC1O. The van der Waals surface area contributed by atoms with E-state index in [1.807, 2.05) is 0 Å². The first-order valence-corrected chi connectivity index (χ1v) is 5.44. The highest BCUT2D eigenvalue weighted by Crippen LogP contribution is 2.40. The van der Waals surface area contributed by atoms with E-state index in [-0.39, 0.29) is 0 Å². The number of phosphoric ester groups is 1. The lowest BCUT2D eigenvalue weighted by atomic mass is 9.95. The van der Waals surface area contributed by atoms with Gasteiger partial charge in [-0.25, -0.2) is 4.57 Å². The normalized spacial score (nSPS) is 31.9. The maximum Gasteiger partial charge on any atom is 0.469 e. The molecule has 1 aliphatic rings. The van der Waals surface area contributed by atoms with Crippen LogP contribution in [0.1, 0.15) is 25.7 Å². The van der Waals surface area contributed by atoms with Crippen molar-refractivity contribution < 1.29 is 24.0 Å². The molecule has 0 saturated heterocycles. The van der Waals surface area contributed by atoms with Crippen molar-refractivity contribution in [2.45, 2.75) is 37.9 Å². The van der Waals surface area contributed by atoms with Crippen LogP contribution in [-0.2, 0) is 9.09 Å². The van der Waals surface area contributed by atoms with E-state index in [1.54, 1.807) is 0 Å². The molecular formula is C6H13O5P. The smallest absolute Gasteiger partial charge is 0.390 e. The second-order valence-corrected chi connectivity index (χ2v) is 4.18. The summed E-state index contributed by atoms with van der Waals surface area (Å²) in [6.45, 7) is 0. The Balaban J connectivity index is 2.44. The van der Waals surface area contributed by atoms with E-state index < -0.39 is 20.0 Å². The Labute approximate surface area is 70.6 Å². The molecule has 72 valence electrons. The summed E-state index contributed by atoms with van der Waals surface area (Å²) in [5.41, 5.74) is 0. The maximum atomic E-state index is 10.4. The molecule has 1 rings (SSSR count). The van der Waals surface area contributed by atoms with Gasteiger partial charge >= 0.3 is 7.82 Å². The number of hydrogen-bond donors (Lipinski definition) is 3. The lowest BCUT2D eigenvalue weighted by Gasteiger charge is -2.27. The highest BCUT2D eigenvalue weighted by atomic mass is 31.2. The molecule has 2 unspecified atom stereocenters. The van der Waals surface area contributed by atoms with Gasteiger partial charge in [-0.05, 0) is 12.8 Å². The summed E-state index contributed by atoms with van der Waals surface area (Å²) in [6, 6.07) is 0. The van der Waals surface area contributed by atoms with Gasteiger partial charge in [-0.15, -0.1) is 0 Å². The van der Waals surface area contributed by atoms with Crippen LogP contribution in [0.4, 0.5) is 0 Å². The first-order chi connectivity index (χ1) is 5.49.